The smallest absolute Gasteiger partial charge is 0.462 e. The maximum atomic E-state index is 13.1. The first-order valence-electron chi connectivity index (χ1n) is 43.3. The number of carbonyl (C=O) groups excluding carboxylic acids is 4. The summed E-state index contributed by atoms with van der Waals surface area (Å²) in [5.41, 5.74) is 0. The van der Waals surface area contributed by atoms with Gasteiger partial charge < -0.3 is 33.8 Å². The Morgan fingerprint density at radius 1 is 0.235 bits per heavy atom. The fraction of sp³-hybridized carbons (Fsp3) is 0.952. The highest BCUT2D eigenvalue weighted by molar-refractivity contribution is 7.47. The molecule has 0 aliphatic rings. The van der Waals surface area contributed by atoms with E-state index in [0.29, 0.717) is 25.7 Å². The van der Waals surface area contributed by atoms with Gasteiger partial charge in [-0.15, -0.1) is 0 Å². The van der Waals surface area contributed by atoms with Gasteiger partial charge in [0.2, 0.25) is 0 Å². The molecular weight excluding hydrogens is 1330 g/mol. The van der Waals surface area contributed by atoms with Crippen LogP contribution in [0.2, 0.25) is 0 Å². The van der Waals surface area contributed by atoms with E-state index in [-0.39, 0.29) is 25.7 Å². The van der Waals surface area contributed by atoms with E-state index in [1.807, 2.05) is 0 Å². The van der Waals surface area contributed by atoms with Gasteiger partial charge in [0, 0.05) is 25.7 Å². The molecule has 19 heteroatoms. The van der Waals surface area contributed by atoms with Crippen LogP contribution >= 0.6 is 15.6 Å². The molecule has 0 aromatic rings. The van der Waals surface area contributed by atoms with Crippen molar-refractivity contribution in [2.45, 2.75) is 470 Å². The number of phosphoric ester groups is 2. The SMILES string of the molecule is CCCCCCCCCCCCCCCCCCCCCCCCC(=O)O[C@H](COC(=O)CCCCCCCCCCCCCCCCCCCC)COP(=O)(O)OC[C@@H](O)COP(=O)(O)OC[C@@H](COC(=O)CCCCCCCCCCCCC)OC(=O)CCCCCCCCCCCCC. The summed E-state index contributed by atoms with van der Waals surface area (Å²) in [6.07, 6.45) is 70.9. The highest BCUT2D eigenvalue weighted by Crippen LogP contribution is 2.45. The van der Waals surface area contributed by atoms with Crippen LogP contribution in [0.5, 0.6) is 0 Å². The molecule has 0 saturated heterocycles. The van der Waals surface area contributed by atoms with E-state index < -0.39 is 97.5 Å². The average Bonchev–Trinajstić information content (AvgIpc) is 0.932. The minimum atomic E-state index is -4.96. The van der Waals surface area contributed by atoms with Crippen LogP contribution in [0, 0.1) is 0 Å². The number of aliphatic hydroxyl groups is 1. The summed E-state index contributed by atoms with van der Waals surface area (Å²) < 4.78 is 68.7. The van der Waals surface area contributed by atoms with Crippen LogP contribution in [0.15, 0.2) is 0 Å². The third kappa shape index (κ3) is 76.3. The van der Waals surface area contributed by atoms with Crippen molar-refractivity contribution in [2.24, 2.45) is 0 Å². The third-order valence-electron chi connectivity index (χ3n) is 19.6. The van der Waals surface area contributed by atoms with E-state index in [9.17, 15) is 43.2 Å². The summed E-state index contributed by atoms with van der Waals surface area (Å²) in [7, 11) is -9.92. The number of phosphoric acid groups is 2. The summed E-state index contributed by atoms with van der Waals surface area (Å²) in [6, 6.07) is 0. The molecule has 5 atom stereocenters. The summed E-state index contributed by atoms with van der Waals surface area (Å²) >= 11 is 0. The first-order chi connectivity index (χ1) is 49.7. The second-order valence-corrected chi connectivity index (χ2v) is 32.8. The quantitative estimate of drug-likeness (QED) is 0.0222. The van der Waals surface area contributed by atoms with Crippen molar-refractivity contribution in [1.29, 1.82) is 0 Å². The lowest BCUT2D eigenvalue weighted by Crippen LogP contribution is -2.30. The van der Waals surface area contributed by atoms with Gasteiger partial charge in [0.25, 0.3) is 0 Å². The zero-order valence-electron chi connectivity index (χ0n) is 66.6. The van der Waals surface area contributed by atoms with Crippen LogP contribution in [0.4, 0.5) is 0 Å². The van der Waals surface area contributed by atoms with Crippen molar-refractivity contribution in [3.8, 4) is 0 Å². The van der Waals surface area contributed by atoms with Gasteiger partial charge in [-0.25, -0.2) is 9.13 Å². The minimum absolute atomic E-state index is 0.108. The predicted molar refractivity (Wildman–Crippen MR) is 419 cm³/mol. The molecular formula is C83H162O17P2. The van der Waals surface area contributed by atoms with Gasteiger partial charge in [-0.1, -0.05) is 400 Å². The van der Waals surface area contributed by atoms with Gasteiger partial charge in [-0.2, -0.15) is 0 Å². The normalized spacial score (nSPS) is 13.8. The monoisotopic (exact) mass is 1490 g/mol. The van der Waals surface area contributed by atoms with E-state index in [0.717, 1.165) is 89.9 Å². The molecule has 0 aliphatic carbocycles. The van der Waals surface area contributed by atoms with Crippen molar-refractivity contribution in [1.82, 2.24) is 0 Å². The Balaban J connectivity index is 5.19. The molecule has 17 nitrogen and oxygen atoms in total. The summed E-state index contributed by atoms with van der Waals surface area (Å²) in [4.78, 5) is 73.0. The third-order valence-corrected chi connectivity index (χ3v) is 21.5. The molecule has 0 aromatic heterocycles. The molecule has 0 aliphatic heterocycles. The average molecular weight is 1490 g/mol. The molecule has 0 fully saturated rings. The lowest BCUT2D eigenvalue weighted by atomic mass is 10.0. The van der Waals surface area contributed by atoms with Gasteiger partial charge in [0.1, 0.15) is 19.3 Å². The number of ether oxygens (including phenoxy) is 4. The number of aliphatic hydroxyl groups excluding tert-OH is 1. The molecule has 0 amide bonds. The van der Waals surface area contributed by atoms with E-state index in [4.69, 9.17) is 37.0 Å². The van der Waals surface area contributed by atoms with Gasteiger partial charge in [-0.05, 0) is 25.7 Å². The summed E-state index contributed by atoms with van der Waals surface area (Å²) in [6.45, 7) is 5.02. The van der Waals surface area contributed by atoms with Crippen LogP contribution in [0.1, 0.15) is 451 Å². The number of rotatable bonds is 84. The maximum absolute atomic E-state index is 13.1. The van der Waals surface area contributed by atoms with Crippen molar-refractivity contribution >= 4 is 39.5 Å². The van der Waals surface area contributed by atoms with Gasteiger partial charge >= 0.3 is 39.5 Å². The van der Waals surface area contributed by atoms with Gasteiger partial charge in [-0.3, -0.25) is 37.3 Å². The van der Waals surface area contributed by atoms with E-state index >= 15 is 0 Å². The minimum Gasteiger partial charge on any atom is -0.462 e. The molecule has 0 radical (unpaired) electrons. The Morgan fingerprint density at radius 3 is 0.578 bits per heavy atom. The highest BCUT2D eigenvalue weighted by Gasteiger charge is 2.30. The molecule has 0 spiro atoms. The van der Waals surface area contributed by atoms with E-state index in [1.54, 1.807) is 0 Å². The maximum Gasteiger partial charge on any atom is 0.472 e. The van der Waals surface area contributed by atoms with Crippen LogP contribution in [-0.4, -0.2) is 96.7 Å². The van der Waals surface area contributed by atoms with Crippen LogP contribution < -0.4 is 0 Å². The van der Waals surface area contributed by atoms with Crippen LogP contribution in [-0.2, 0) is 65.4 Å². The fourth-order valence-corrected chi connectivity index (χ4v) is 14.6. The van der Waals surface area contributed by atoms with Gasteiger partial charge in [0.05, 0.1) is 26.4 Å². The Labute approximate surface area is 626 Å². The predicted octanol–water partition coefficient (Wildman–Crippen LogP) is 25.4. The lowest BCUT2D eigenvalue weighted by Gasteiger charge is -2.21. The Hall–Kier alpha value is -1.94. The number of hydrogen-bond donors (Lipinski definition) is 3. The Kier molecular flexibility index (Phi) is 75.8. The van der Waals surface area contributed by atoms with E-state index in [1.165, 1.54) is 283 Å². The molecule has 2 unspecified atom stereocenters. The highest BCUT2D eigenvalue weighted by atomic mass is 31.2. The van der Waals surface area contributed by atoms with Gasteiger partial charge in [0.15, 0.2) is 12.2 Å². The first kappa shape index (κ1) is 100. The van der Waals surface area contributed by atoms with Crippen molar-refractivity contribution in [3.05, 3.63) is 0 Å². The number of esters is 4. The van der Waals surface area contributed by atoms with Crippen molar-refractivity contribution in [2.75, 3.05) is 39.6 Å². The second-order valence-electron chi connectivity index (χ2n) is 29.9. The Bertz CT molecular complexity index is 1930. The number of hydrogen-bond acceptors (Lipinski definition) is 15. The van der Waals surface area contributed by atoms with Crippen molar-refractivity contribution < 1.29 is 80.2 Å². The fourth-order valence-electron chi connectivity index (χ4n) is 13.0. The molecule has 0 heterocycles. The topological polar surface area (TPSA) is 237 Å². The Morgan fingerprint density at radius 2 is 0.392 bits per heavy atom. The van der Waals surface area contributed by atoms with Crippen molar-refractivity contribution in [3.63, 3.8) is 0 Å². The lowest BCUT2D eigenvalue weighted by molar-refractivity contribution is -0.161. The molecule has 0 bridgehead atoms. The zero-order chi connectivity index (χ0) is 74.6. The molecule has 0 aromatic carbocycles. The largest absolute Gasteiger partial charge is 0.472 e. The van der Waals surface area contributed by atoms with Crippen LogP contribution in [0.3, 0.4) is 0 Å². The van der Waals surface area contributed by atoms with Crippen LogP contribution in [0.25, 0.3) is 0 Å². The zero-order valence-corrected chi connectivity index (χ0v) is 68.4. The molecule has 606 valence electrons. The number of unbranched alkanes of at least 4 members (excludes halogenated alkanes) is 58. The molecule has 0 rings (SSSR count). The molecule has 0 saturated carbocycles. The summed E-state index contributed by atoms with van der Waals surface area (Å²) in [5.74, 6) is -2.10. The van der Waals surface area contributed by atoms with E-state index in [2.05, 4.69) is 27.7 Å². The first-order valence-corrected chi connectivity index (χ1v) is 46.3. The number of carbonyl (C=O) groups is 4. The second kappa shape index (κ2) is 77.2. The molecule has 102 heavy (non-hydrogen) atoms. The summed E-state index contributed by atoms with van der Waals surface area (Å²) in [5, 5.41) is 10.6. The molecule has 3 N–H and O–H groups in total. The standard InChI is InChI=1S/C83H162O17P2/c1-5-9-13-17-21-25-29-31-33-35-37-38-39-40-42-44-46-50-54-58-62-66-70-83(88)100-79(74-94-81(86)68-64-60-56-52-49-45-43-41-36-34-32-30-26-22-18-14-10-6-2)76-98-102(91,92)96-72-77(84)71-95-101(89,90)97-75-78(99-82(87)69-65-61-57-53-48-28-24-20-16-12-8-4)73-93-80(85)67-63-59-55-51-47-27-23-19-15-11-7-3/h77-79,84H,5-76H2,1-4H3,(H,89,90)(H,91,92)/t77-,78+,79+/m0/s1.